The first-order chi connectivity index (χ1) is 8.56. The average Bonchev–Trinajstić information content (AvgIpc) is 2.86. The van der Waals surface area contributed by atoms with Gasteiger partial charge in [0.05, 0.1) is 6.04 Å². The zero-order valence-electron chi connectivity index (χ0n) is 10.8. The topological polar surface area (TPSA) is 66.6 Å². The number of nitrogens with two attached hydrogens (primary N) is 1. The lowest BCUT2D eigenvalue weighted by atomic mass is 10.0. The summed E-state index contributed by atoms with van der Waals surface area (Å²) < 4.78 is 0. The van der Waals surface area contributed by atoms with E-state index in [1.54, 1.807) is 16.2 Å². The van der Waals surface area contributed by atoms with Gasteiger partial charge in [-0.15, -0.1) is 11.3 Å². The van der Waals surface area contributed by atoms with E-state index in [-0.39, 0.29) is 11.9 Å². The maximum atomic E-state index is 11.8. The fraction of sp³-hybridized carbons (Fsp3) is 0.615. The van der Waals surface area contributed by atoms with Gasteiger partial charge < -0.3 is 15.7 Å². The number of carbonyl (C=O) groups is 1. The van der Waals surface area contributed by atoms with Crippen molar-refractivity contribution >= 4 is 17.2 Å². The number of aryl methyl sites for hydroxylation is 1. The molecule has 3 N–H and O–H groups in total. The van der Waals surface area contributed by atoms with Crippen LogP contribution < -0.4 is 5.73 Å². The smallest absolute Gasteiger partial charge is 0.223 e. The summed E-state index contributed by atoms with van der Waals surface area (Å²) in [4.78, 5) is 14.5. The number of rotatable bonds is 4. The molecule has 2 rings (SSSR count). The molecule has 100 valence electrons. The highest BCUT2D eigenvalue weighted by atomic mass is 32.1. The third-order valence-electron chi connectivity index (χ3n) is 3.70. The molecule has 4 nitrogen and oxygen atoms in total. The SMILES string of the molecule is Cc1csc(C(O)[C@@H]2CCC(=O)N2CCN)c1C. The van der Waals surface area contributed by atoms with E-state index in [1.807, 2.05) is 13.8 Å². The van der Waals surface area contributed by atoms with Crippen molar-refractivity contribution in [3.63, 3.8) is 0 Å². The summed E-state index contributed by atoms with van der Waals surface area (Å²) in [5.74, 6) is 0.107. The zero-order chi connectivity index (χ0) is 13.3. The van der Waals surface area contributed by atoms with Crippen molar-refractivity contribution in [3.05, 3.63) is 21.4 Å². The van der Waals surface area contributed by atoms with Crippen LogP contribution in [-0.2, 0) is 4.79 Å². The molecule has 1 unspecified atom stereocenters. The van der Waals surface area contributed by atoms with Crippen LogP contribution in [0.15, 0.2) is 5.38 Å². The first kappa shape index (κ1) is 13.5. The second kappa shape index (κ2) is 5.38. The van der Waals surface area contributed by atoms with Gasteiger partial charge in [0, 0.05) is 24.4 Å². The van der Waals surface area contributed by atoms with Gasteiger partial charge in [0.1, 0.15) is 6.10 Å². The van der Waals surface area contributed by atoms with Gasteiger partial charge in [-0.05, 0) is 36.8 Å². The summed E-state index contributed by atoms with van der Waals surface area (Å²) in [5.41, 5.74) is 7.87. The Bertz CT molecular complexity index is 444. The van der Waals surface area contributed by atoms with Gasteiger partial charge in [-0.2, -0.15) is 0 Å². The van der Waals surface area contributed by atoms with E-state index in [4.69, 9.17) is 5.73 Å². The minimum atomic E-state index is -0.582. The molecule has 2 heterocycles. The summed E-state index contributed by atoms with van der Waals surface area (Å²) in [6.07, 6.45) is 0.656. The normalized spacial score (nSPS) is 21.7. The van der Waals surface area contributed by atoms with Crippen molar-refractivity contribution in [1.82, 2.24) is 4.90 Å². The van der Waals surface area contributed by atoms with E-state index in [0.717, 1.165) is 16.9 Å². The Labute approximate surface area is 111 Å². The molecule has 2 atom stereocenters. The molecule has 1 aromatic rings. The van der Waals surface area contributed by atoms with Crippen LogP contribution in [0.4, 0.5) is 0 Å². The van der Waals surface area contributed by atoms with Crippen molar-refractivity contribution in [2.75, 3.05) is 13.1 Å². The Morgan fingerprint density at radius 2 is 2.33 bits per heavy atom. The predicted molar refractivity (Wildman–Crippen MR) is 72.5 cm³/mol. The highest BCUT2D eigenvalue weighted by Gasteiger charge is 2.36. The van der Waals surface area contributed by atoms with Gasteiger partial charge in [-0.1, -0.05) is 0 Å². The van der Waals surface area contributed by atoms with E-state index in [9.17, 15) is 9.90 Å². The Hall–Kier alpha value is -0.910. The fourth-order valence-electron chi connectivity index (χ4n) is 2.50. The standard InChI is InChI=1S/C13H20N2O2S/c1-8-7-18-13(9(8)2)12(17)10-3-4-11(16)15(10)6-5-14/h7,10,12,17H,3-6,14H2,1-2H3/t10-,12?/m0/s1. The maximum Gasteiger partial charge on any atom is 0.223 e. The van der Waals surface area contributed by atoms with Gasteiger partial charge >= 0.3 is 0 Å². The molecule has 0 bridgehead atoms. The van der Waals surface area contributed by atoms with Gasteiger partial charge in [0.25, 0.3) is 0 Å². The number of nitrogens with zero attached hydrogens (tertiary/aromatic N) is 1. The molecule has 1 saturated heterocycles. The Kier molecular flexibility index (Phi) is 4.04. The number of aliphatic hydroxyl groups is 1. The molecule has 1 aliphatic rings. The Morgan fingerprint density at radius 3 is 2.89 bits per heavy atom. The molecule has 0 spiro atoms. The van der Waals surface area contributed by atoms with Crippen LogP contribution in [0.5, 0.6) is 0 Å². The number of hydrogen-bond donors (Lipinski definition) is 2. The first-order valence-electron chi connectivity index (χ1n) is 6.28. The quantitative estimate of drug-likeness (QED) is 0.866. The van der Waals surface area contributed by atoms with Gasteiger partial charge in [0.2, 0.25) is 5.91 Å². The minimum absolute atomic E-state index is 0.107. The number of aliphatic hydroxyl groups excluding tert-OH is 1. The molecular formula is C13H20N2O2S. The first-order valence-corrected chi connectivity index (χ1v) is 7.16. The average molecular weight is 268 g/mol. The number of likely N-dealkylation sites (tertiary alicyclic amines) is 1. The molecule has 1 aromatic heterocycles. The highest BCUT2D eigenvalue weighted by molar-refractivity contribution is 7.10. The lowest BCUT2D eigenvalue weighted by molar-refractivity contribution is -0.130. The van der Waals surface area contributed by atoms with Gasteiger partial charge in [-0.25, -0.2) is 0 Å². The number of carbonyl (C=O) groups excluding carboxylic acids is 1. The van der Waals surface area contributed by atoms with Crippen molar-refractivity contribution < 1.29 is 9.90 Å². The summed E-state index contributed by atoms with van der Waals surface area (Å²) in [6, 6.07) is -0.113. The van der Waals surface area contributed by atoms with E-state index in [0.29, 0.717) is 19.5 Å². The van der Waals surface area contributed by atoms with Crippen LogP contribution >= 0.6 is 11.3 Å². The van der Waals surface area contributed by atoms with Gasteiger partial charge in [0.15, 0.2) is 0 Å². The van der Waals surface area contributed by atoms with Crippen molar-refractivity contribution in [1.29, 1.82) is 0 Å². The lowest BCUT2D eigenvalue weighted by Crippen LogP contribution is -2.40. The summed E-state index contributed by atoms with van der Waals surface area (Å²) in [7, 11) is 0. The predicted octanol–water partition coefficient (Wildman–Crippen LogP) is 1.35. The third-order valence-corrected chi connectivity index (χ3v) is 4.97. The fourth-order valence-corrected chi connectivity index (χ4v) is 3.62. The zero-order valence-corrected chi connectivity index (χ0v) is 11.7. The number of hydrogen-bond acceptors (Lipinski definition) is 4. The highest BCUT2D eigenvalue weighted by Crippen LogP contribution is 2.35. The second-order valence-corrected chi connectivity index (χ2v) is 5.75. The van der Waals surface area contributed by atoms with Crippen molar-refractivity contribution in [3.8, 4) is 0 Å². The molecule has 0 saturated carbocycles. The van der Waals surface area contributed by atoms with E-state index < -0.39 is 6.10 Å². The van der Waals surface area contributed by atoms with Gasteiger partial charge in [-0.3, -0.25) is 4.79 Å². The van der Waals surface area contributed by atoms with Crippen LogP contribution in [0, 0.1) is 13.8 Å². The summed E-state index contributed by atoms with van der Waals surface area (Å²) in [6.45, 7) is 5.04. The van der Waals surface area contributed by atoms with Crippen molar-refractivity contribution in [2.45, 2.75) is 38.8 Å². The summed E-state index contributed by atoms with van der Waals surface area (Å²) >= 11 is 1.57. The van der Waals surface area contributed by atoms with Crippen LogP contribution in [0.2, 0.25) is 0 Å². The van der Waals surface area contributed by atoms with Crippen LogP contribution in [0.25, 0.3) is 0 Å². The van der Waals surface area contributed by atoms with E-state index >= 15 is 0 Å². The molecule has 5 heteroatoms. The molecule has 0 aromatic carbocycles. The molecule has 1 fully saturated rings. The number of thiophene rings is 1. The third kappa shape index (κ3) is 2.30. The Morgan fingerprint density at radius 1 is 1.61 bits per heavy atom. The largest absolute Gasteiger partial charge is 0.385 e. The maximum absolute atomic E-state index is 11.8. The molecular weight excluding hydrogens is 248 g/mol. The van der Waals surface area contributed by atoms with E-state index in [2.05, 4.69) is 5.38 Å². The lowest BCUT2D eigenvalue weighted by Gasteiger charge is -2.28. The molecule has 18 heavy (non-hydrogen) atoms. The minimum Gasteiger partial charge on any atom is -0.385 e. The van der Waals surface area contributed by atoms with Crippen LogP contribution in [-0.4, -0.2) is 35.0 Å². The van der Waals surface area contributed by atoms with Crippen molar-refractivity contribution in [2.24, 2.45) is 5.73 Å². The molecule has 0 aliphatic carbocycles. The monoisotopic (exact) mass is 268 g/mol. The number of amides is 1. The summed E-state index contributed by atoms with van der Waals surface area (Å²) in [5, 5.41) is 12.6. The second-order valence-electron chi connectivity index (χ2n) is 4.83. The molecule has 0 radical (unpaired) electrons. The van der Waals surface area contributed by atoms with Crippen LogP contribution in [0.1, 0.15) is 34.9 Å². The Balaban J connectivity index is 2.20. The molecule has 1 amide bonds. The van der Waals surface area contributed by atoms with Crippen LogP contribution in [0.3, 0.4) is 0 Å². The van der Waals surface area contributed by atoms with E-state index in [1.165, 1.54) is 5.56 Å². The molecule has 1 aliphatic heterocycles.